The van der Waals surface area contributed by atoms with Gasteiger partial charge in [0.1, 0.15) is 12.1 Å². The minimum absolute atomic E-state index is 0.347. The third-order valence-corrected chi connectivity index (χ3v) is 3.41. The van der Waals surface area contributed by atoms with Crippen LogP contribution >= 0.6 is 0 Å². The predicted octanol–water partition coefficient (Wildman–Crippen LogP) is 1.26. The number of carbonyl (C=O) groups excluding carboxylic acids is 3. The number of ether oxygens (including phenoxy) is 2. The fourth-order valence-corrected chi connectivity index (χ4v) is 1.55. The molecule has 0 aliphatic rings. The highest BCUT2D eigenvalue weighted by Gasteiger charge is 2.30. The monoisotopic (exact) mass is 302 g/mol. The van der Waals surface area contributed by atoms with E-state index in [2.05, 4.69) is 4.74 Å². The van der Waals surface area contributed by atoms with Crippen LogP contribution in [0.1, 0.15) is 33.6 Å². The minimum Gasteiger partial charge on any atom is -0.464 e. The Hall–Kier alpha value is -1.79. The number of methoxy groups -OCH3 is 1. The Labute approximate surface area is 126 Å². The van der Waals surface area contributed by atoms with E-state index >= 15 is 0 Å². The van der Waals surface area contributed by atoms with Gasteiger partial charge in [0.15, 0.2) is 0 Å². The molecule has 7 nitrogen and oxygen atoms in total. The lowest BCUT2D eigenvalue weighted by molar-refractivity contribution is -0.154. The standard InChI is InChI=1S/C14H26N2O5/c1-7-8-9-21-13(18)11(3)15(4)12(17)10(2)16(5)14(19)20-6/h10-11H,7-9H2,1-6H3. The van der Waals surface area contributed by atoms with Gasteiger partial charge in [-0.15, -0.1) is 0 Å². The van der Waals surface area contributed by atoms with Gasteiger partial charge in [-0.1, -0.05) is 13.3 Å². The average Bonchev–Trinajstić information content (AvgIpc) is 2.50. The average molecular weight is 302 g/mol. The molecule has 0 saturated heterocycles. The highest BCUT2D eigenvalue weighted by molar-refractivity contribution is 5.89. The number of unbranched alkanes of at least 4 members (excludes halogenated alkanes) is 1. The van der Waals surface area contributed by atoms with Gasteiger partial charge < -0.3 is 14.4 Å². The zero-order valence-electron chi connectivity index (χ0n) is 13.7. The number of likely N-dealkylation sites (N-methyl/N-ethyl adjacent to an activating group) is 2. The molecule has 122 valence electrons. The van der Waals surface area contributed by atoms with Crippen LogP contribution in [0.5, 0.6) is 0 Å². The molecular weight excluding hydrogens is 276 g/mol. The molecule has 2 amide bonds. The van der Waals surface area contributed by atoms with E-state index in [9.17, 15) is 14.4 Å². The van der Waals surface area contributed by atoms with E-state index < -0.39 is 24.1 Å². The van der Waals surface area contributed by atoms with Gasteiger partial charge in [-0.2, -0.15) is 0 Å². The van der Waals surface area contributed by atoms with Crippen LogP contribution in [-0.4, -0.2) is 67.7 Å². The van der Waals surface area contributed by atoms with Gasteiger partial charge >= 0.3 is 12.1 Å². The summed E-state index contributed by atoms with van der Waals surface area (Å²) in [6.07, 6.45) is 1.11. The van der Waals surface area contributed by atoms with Crippen molar-refractivity contribution >= 4 is 18.0 Å². The van der Waals surface area contributed by atoms with E-state index in [-0.39, 0.29) is 5.91 Å². The second-order valence-electron chi connectivity index (χ2n) is 4.90. The van der Waals surface area contributed by atoms with Crippen LogP contribution in [-0.2, 0) is 19.1 Å². The van der Waals surface area contributed by atoms with E-state index in [1.165, 1.54) is 31.0 Å². The number of rotatable bonds is 7. The highest BCUT2D eigenvalue weighted by Crippen LogP contribution is 2.07. The highest BCUT2D eigenvalue weighted by atomic mass is 16.5. The van der Waals surface area contributed by atoms with Crippen LogP contribution in [0.2, 0.25) is 0 Å². The molecule has 0 fully saturated rings. The van der Waals surface area contributed by atoms with Gasteiger partial charge in [-0.25, -0.2) is 9.59 Å². The smallest absolute Gasteiger partial charge is 0.409 e. The van der Waals surface area contributed by atoms with Crippen LogP contribution in [0, 0.1) is 0 Å². The van der Waals surface area contributed by atoms with Crippen molar-refractivity contribution < 1.29 is 23.9 Å². The van der Waals surface area contributed by atoms with E-state index in [4.69, 9.17) is 4.74 Å². The minimum atomic E-state index is -0.728. The van der Waals surface area contributed by atoms with Crippen molar-refractivity contribution in [2.24, 2.45) is 0 Å². The first kappa shape index (κ1) is 19.2. The SMILES string of the molecule is CCCCOC(=O)C(C)N(C)C(=O)C(C)N(C)C(=O)OC. The molecule has 21 heavy (non-hydrogen) atoms. The second kappa shape index (κ2) is 9.20. The summed E-state index contributed by atoms with van der Waals surface area (Å²) in [6.45, 7) is 5.51. The third kappa shape index (κ3) is 5.61. The van der Waals surface area contributed by atoms with Gasteiger partial charge in [-0.3, -0.25) is 9.69 Å². The first-order chi connectivity index (χ1) is 9.77. The summed E-state index contributed by atoms with van der Waals surface area (Å²) in [4.78, 5) is 37.9. The van der Waals surface area contributed by atoms with Crippen molar-refractivity contribution in [2.45, 2.75) is 45.7 Å². The van der Waals surface area contributed by atoms with E-state index in [0.717, 1.165) is 12.8 Å². The summed E-state index contributed by atoms with van der Waals surface area (Å²) in [5.41, 5.74) is 0. The topological polar surface area (TPSA) is 76.2 Å². The van der Waals surface area contributed by atoms with Crippen molar-refractivity contribution in [1.82, 2.24) is 9.80 Å². The summed E-state index contributed by atoms with van der Waals surface area (Å²) in [7, 11) is 4.22. The number of esters is 1. The Morgan fingerprint density at radius 3 is 2.10 bits per heavy atom. The van der Waals surface area contributed by atoms with E-state index in [1.54, 1.807) is 13.8 Å². The lowest BCUT2D eigenvalue weighted by atomic mass is 10.2. The van der Waals surface area contributed by atoms with Crippen molar-refractivity contribution in [1.29, 1.82) is 0 Å². The zero-order valence-corrected chi connectivity index (χ0v) is 13.7. The Bertz CT molecular complexity index is 372. The van der Waals surface area contributed by atoms with Crippen LogP contribution in [0.3, 0.4) is 0 Å². The van der Waals surface area contributed by atoms with Crippen molar-refractivity contribution in [3.05, 3.63) is 0 Å². The van der Waals surface area contributed by atoms with E-state index in [1.807, 2.05) is 6.92 Å². The maximum absolute atomic E-state index is 12.2. The Kier molecular flexibility index (Phi) is 8.42. The van der Waals surface area contributed by atoms with Crippen LogP contribution < -0.4 is 0 Å². The summed E-state index contributed by atoms with van der Waals surface area (Å²) >= 11 is 0. The molecule has 0 bridgehead atoms. The lowest BCUT2D eigenvalue weighted by Gasteiger charge is -2.30. The lowest BCUT2D eigenvalue weighted by Crippen LogP contribution is -2.51. The molecule has 0 heterocycles. The van der Waals surface area contributed by atoms with Crippen LogP contribution in [0.25, 0.3) is 0 Å². The van der Waals surface area contributed by atoms with Crippen LogP contribution in [0.15, 0.2) is 0 Å². The quantitative estimate of drug-likeness (QED) is 0.523. The van der Waals surface area contributed by atoms with Gasteiger partial charge in [-0.05, 0) is 20.3 Å². The second-order valence-corrected chi connectivity index (χ2v) is 4.90. The summed E-state index contributed by atoms with van der Waals surface area (Å²) in [5, 5.41) is 0. The maximum Gasteiger partial charge on any atom is 0.409 e. The Morgan fingerprint density at radius 2 is 1.62 bits per heavy atom. The number of amides is 2. The fraction of sp³-hybridized carbons (Fsp3) is 0.786. The normalized spacial score (nSPS) is 13.0. The number of hydrogen-bond donors (Lipinski definition) is 0. The van der Waals surface area contributed by atoms with Crippen molar-refractivity contribution in [3.8, 4) is 0 Å². The molecule has 0 aromatic carbocycles. The van der Waals surface area contributed by atoms with Crippen molar-refractivity contribution in [2.75, 3.05) is 27.8 Å². The van der Waals surface area contributed by atoms with Gasteiger partial charge in [0, 0.05) is 14.1 Å². The largest absolute Gasteiger partial charge is 0.464 e. The Morgan fingerprint density at radius 1 is 1.05 bits per heavy atom. The predicted molar refractivity (Wildman–Crippen MR) is 77.7 cm³/mol. The molecule has 2 unspecified atom stereocenters. The van der Waals surface area contributed by atoms with Gasteiger partial charge in [0.25, 0.3) is 0 Å². The van der Waals surface area contributed by atoms with E-state index in [0.29, 0.717) is 6.61 Å². The molecule has 7 heteroatoms. The number of hydrogen-bond acceptors (Lipinski definition) is 5. The molecule has 2 atom stereocenters. The summed E-state index contributed by atoms with van der Waals surface area (Å²) < 4.78 is 9.65. The molecule has 0 aliphatic heterocycles. The Balaban J connectivity index is 4.60. The molecule has 0 saturated carbocycles. The van der Waals surface area contributed by atoms with Gasteiger partial charge in [0.05, 0.1) is 13.7 Å². The summed E-state index contributed by atoms with van der Waals surface area (Å²) in [6, 6.07) is -1.43. The first-order valence-electron chi connectivity index (χ1n) is 7.01. The summed E-state index contributed by atoms with van der Waals surface area (Å²) in [5.74, 6) is -0.810. The number of nitrogens with zero attached hydrogens (tertiary/aromatic N) is 2. The molecular formula is C14H26N2O5. The maximum atomic E-state index is 12.2. The molecule has 0 aliphatic carbocycles. The molecule has 0 aromatic rings. The zero-order chi connectivity index (χ0) is 16.6. The van der Waals surface area contributed by atoms with Crippen LogP contribution in [0.4, 0.5) is 4.79 Å². The molecule has 0 radical (unpaired) electrons. The molecule has 0 spiro atoms. The first-order valence-corrected chi connectivity index (χ1v) is 7.01. The molecule has 0 N–H and O–H groups in total. The molecule has 0 aromatic heterocycles. The third-order valence-electron chi connectivity index (χ3n) is 3.41. The van der Waals surface area contributed by atoms with Crippen molar-refractivity contribution in [3.63, 3.8) is 0 Å². The molecule has 0 rings (SSSR count). The number of carbonyl (C=O) groups is 3. The fourth-order valence-electron chi connectivity index (χ4n) is 1.55. The van der Waals surface area contributed by atoms with Gasteiger partial charge in [0.2, 0.25) is 5.91 Å².